The molecule has 5 heteroatoms. The number of hydrogen-bond acceptors (Lipinski definition) is 4. The zero-order valence-corrected chi connectivity index (χ0v) is 11.4. The van der Waals surface area contributed by atoms with Gasteiger partial charge in [-0.2, -0.15) is 0 Å². The normalized spacial score (nSPS) is 19.3. The molecule has 2 heterocycles. The van der Waals surface area contributed by atoms with Gasteiger partial charge in [0.2, 0.25) is 0 Å². The first-order valence-electron chi connectivity index (χ1n) is 7.09. The van der Waals surface area contributed by atoms with Crippen molar-refractivity contribution >= 4 is 10.9 Å². The summed E-state index contributed by atoms with van der Waals surface area (Å²) in [6, 6.07) is 7.40. The van der Waals surface area contributed by atoms with E-state index in [-0.39, 0.29) is 5.56 Å². The zero-order valence-electron chi connectivity index (χ0n) is 11.4. The molecule has 0 bridgehead atoms. The molecule has 1 aliphatic rings. The van der Waals surface area contributed by atoms with E-state index in [0.29, 0.717) is 23.7 Å². The Kier molecular flexibility index (Phi) is 4.08. The van der Waals surface area contributed by atoms with Crippen molar-refractivity contribution < 1.29 is 4.74 Å². The largest absolute Gasteiger partial charge is 0.381 e. The van der Waals surface area contributed by atoms with Crippen LogP contribution in [0.1, 0.15) is 18.7 Å². The van der Waals surface area contributed by atoms with Gasteiger partial charge in [-0.05, 0) is 30.9 Å². The van der Waals surface area contributed by atoms with Gasteiger partial charge in [0.1, 0.15) is 5.82 Å². The van der Waals surface area contributed by atoms with Crippen LogP contribution in [0.4, 0.5) is 0 Å². The lowest BCUT2D eigenvalue weighted by Gasteiger charge is -2.22. The second-order valence-electron chi connectivity index (χ2n) is 5.24. The number of nitrogens with one attached hydrogen (secondary N) is 2. The van der Waals surface area contributed by atoms with Gasteiger partial charge in [0.05, 0.1) is 24.1 Å². The second-order valence-corrected chi connectivity index (χ2v) is 5.24. The lowest BCUT2D eigenvalue weighted by molar-refractivity contribution is 0.0547. The minimum atomic E-state index is -0.0756. The van der Waals surface area contributed by atoms with E-state index in [4.69, 9.17) is 4.74 Å². The molecule has 1 fully saturated rings. The number of fused-ring (bicyclic) bond motifs is 1. The van der Waals surface area contributed by atoms with E-state index in [9.17, 15) is 4.79 Å². The molecule has 1 saturated heterocycles. The van der Waals surface area contributed by atoms with Crippen molar-refractivity contribution in [2.24, 2.45) is 5.92 Å². The molecule has 20 heavy (non-hydrogen) atoms. The molecule has 0 aliphatic carbocycles. The van der Waals surface area contributed by atoms with Gasteiger partial charge < -0.3 is 15.0 Å². The fraction of sp³-hybridized carbons (Fsp3) is 0.467. The third kappa shape index (κ3) is 3.05. The van der Waals surface area contributed by atoms with Crippen LogP contribution in [-0.4, -0.2) is 29.7 Å². The number of rotatable bonds is 4. The smallest absolute Gasteiger partial charge is 0.258 e. The maximum absolute atomic E-state index is 11.9. The summed E-state index contributed by atoms with van der Waals surface area (Å²) in [5.74, 6) is 1.25. The second kappa shape index (κ2) is 6.15. The van der Waals surface area contributed by atoms with Crippen molar-refractivity contribution in [1.29, 1.82) is 0 Å². The van der Waals surface area contributed by atoms with Crippen molar-refractivity contribution in [3.8, 4) is 0 Å². The Morgan fingerprint density at radius 1 is 1.40 bits per heavy atom. The fourth-order valence-corrected chi connectivity index (χ4v) is 2.58. The van der Waals surface area contributed by atoms with Crippen LogP contribution < -0.4 is 10.9 Å². The third-order valence-electron chi connectivity index (χ3n) is 3.64. The SMILES string of the molecule is O=c1[nH]c(CNCC2CCCOC2)nc2ccccc12. The number of ether oxygens (including phenoxy) is 1. The molecule has 0 radical (unpaired) electrons. The maximum atomic E-state index is 11.9. The Morgan fingerprint density at radius 2 is 2.30 bits per heavy atom. The van der Waals surface area contributed by atoms with E-state index in [2.05, 4.69) is 15.3 Å². The van der Waals surface area contributed by atoms with E-state index in [0.717, 1.165) is 31.7 Å². The number of H-pyrrole nitrogens is 1. The van der Waals surface area contributed by atoms with Crippen molar-refractivity contribution in [1.82, 2.24) is 15.3 Å². The number of para-hydroxylation sites is 1. The molecule has 1 unspecified atom stereocenters. The van der Waals surface area contributed by atoms with Gasteiger partial charge in [0.15, 0.2) is 0 Å². The Bertz CT molecular complexity index is 632. The van der Waals surface area contributed by atoms with E-state index in [1.165, 1.54) is 6.42 Å². The quantitative estimate of drug-likeness (QED) is 0.884. The van der Waals surface area contributed by atoms with E-state index >= 15 is 0 Å². The van der Waals surface area contributed by atoms with Crippen LogP contribution in [0.2, 0.25) is 0 Å². The van der Waals surface area contributed by atoms with E-state index in [1.807, 2.05) is 18.2 Å². The van der Waals surface area contributed by atoms with Gasteiger partial charge >= 0.3 is 0 Å². The van der Waals surface area contributed by atoms with Crippen LogP contribution in [0, 0.1) is 5.92 Å². The van der Waals surface area contributed by atoms with E-state index < -0.39 is 0 Å². The summed E-state index contributed by atoms with van der Waals surface area (Å²) >= 11 is 0. The molecule has 0 amide bonds. The molecular formula is C15H19N3O2. The molecule has 2 aromatic rings. The molecule has 1 aromatic heterocycles. The van der Waals surface area contributed by atoms with Crippen molar-refractivity contribution in [2.75, 3.05) is 19.8 Å². The summed E-state index contributed by atoms with van der Waals surface area (Å²) in [5.41, 5.74) is 0.669. The molecule has 0 saturated carbocycles. The van der Waals surface area contributed by atoms with Crippen molar-refractivity contribution in [3.63, 3.8) is 0 Å². The van der Waals surface area contributed by atoms with Crippen LogP contribution >= 0.6 is 0 Å². The zero-order chi connectivity index (χ0) is 13.8. The van der Waals surface area contributed by atoms with Crippen molar-refractivity contribution in [2.45, 2.75) is 19.4 Å². The average molecular weight is 273 g/mol. The first-order valence-corrected chi connectivity index (χ1v) is 7.09. The molecule has 106 valence electrons. The fourth-order valence-electron chi connectivity index (χ4n) is 2.58. The molecule has 1 aromatic carbocycles. The van der Waals surface area contributed by atoms with Crippen LogP contribution in [0.5, 0.6) is 0 Å². The van der Waals surface area contributed by atoms with Gasteiger partial charge in [-0.3, -0.25) is 4.79 Å². The number of benzene rings is 1. The van der Waals surface area contributed by atoms with Gasteiger partial charge in [-0.1, -0.05) is 12.1 Å². The summed E-state index contributed by atoms with van der Waals surface area (Å²) in [5, 5.41) is 3.99. The summed E-state index contributed by atoms with van der Waals surface area (Å²) in [7, 11) is 0. The third-order valence-corrected chi connectivity index (χ3v) is 3.64. The molecule has 1 atom stereocenters. The highest BCUT2D eigenvalue weighted by molar-refractivity contribution is 5.77. The number of hydrogen-bond donors (Lipinski definition) is 2. The maximum Gasteiger partial charge on any atom is 0.258 e. The topological polar surface area (TPSA) is 67.0 Å². The van der Waals surface area contributed by atoms with Crippen molar-refractivity contribution in [3.05, 3.63) is 40.4 Å². The summed E-state index contributed by atoms with van der Waals surface area (Å²) in [6.07, 6.45) is 2.34. The number of nitrogens with zero attached hydrogens (tertiary/aromatic N) is 1. The molecule has 3 rings (SSSR count). The van der Waals surface area contributed by atoms with Crippen LogP contribution in [0.15, 0.2) is 29.1 Å². The Balaban J connectivity index is 1.64. The minimum absolute atomic E-state index is 0.0756. The lowest BCUT2D eigenvalue weighted by Crippen LogP contribution is -2.29. The predicted octanol–water partition coefficient (Wildman–Crippen LogP) is 1.44. The summed E-state index contributed by atoms with van der Waals surface area (Å²) in [6.45, 7) is 3.19. The summed E-state index contributed by atoms with van der Waals surface area (Å²) < 4.78 is 5.45. The monoisotopic (exact) mass is 273 g/mol. The molecule has 1 aliphatic heterocycles. The first-order chi connectivity index (χ1) is 9.83. The standard InChI is InChI=1S/C15H19N3O2/c19-15-12-5-1-2-6-13(12)17-14(18-15)9-16-8-11-4-3-7-20-10-11/h1-2,5-6,11,16H,3-4,7-10H2,(H,17,18,19). The highest BCUT2D eigenvalue weighted by atomic mass is 16.5. The minimum Gasteiger partial charge on any atom is -0.381 e. The molecule has 5 nitrogen and oxygen atoms in total. The van der Waals surface area contributed by atoms with Crippen LogP contribution in [0.25, 0.3) is 10.9 Å². The van der Waals surface area contributed by atoms with Gasteiger partial charge in [0, 0.05) is 13.2 Å². The molecule has 2 N–H and O–H groups in total. The van der Waals surface area contributed by atoms with Crippen LogP contribution in [0.3, 0.4) is 0 Å². The molecule has 0 spiro atoms. The van der Waals surface area contributed by atoms with Gasteiger partial charge in [0.25, 0.3) is 5.56 Å². The van der Waals surface area contributed by atoms with E-state index in [1.54, 1.807) is 6.07 Å². The lowest BCUT2D eigenvalue weighted by atomic mass is 10.0. The Morgan fingerprint density at radius 3 is 3.15 bits per heavy atom. The highest BCUT2D eigenvalue weighted by Gasteiger charge is 2.13. The Hall–Kier alpha value is -1.72. The van der Waals surface area contributed by atoms with Crippen LogP contribution in [-0.2, 0) is 11.3 Å². The predicted molar refractivity (Wildman–Crippen MR) is 77.6 cm³/mol. The number of aromatic amines is 1. The Labute approximate surface area is 117 Å². The van der Waals surface area contributed by atoms with Gasteiger partial charge in [-0.25, -0.2) is 4.98 Å². The number of aromatic nitrogens is 2. The average Bonchev–Trinajstić information content (AvgIpc) is 2.48. The highest BCUT2D eigenvalue weighted by Crippen LogP contribution is 2.12. The first kappa shape index (κ1) is 13.3. The summed E-state index contributed by atoms with van der Waals surface area (Å²) in [4.78, 5) is 19.2. The molecular weight excluding hydrogens is 254 g/mol. The van der Waals surface area contributed by atoms with Gasteiger partial charge in [-0.15, -0.1) is 0 Å².